The molecule has 0 aromatic carbocycles. The zero-order valence-electron chi connectivity index (χ0n) is 17.3. The van der Waals surface area contributed by atoms with E-state index < -0.39 is 0 Å². The Labute approximate surface area is 197 Å². The first-order valence-electron chi connectivity index (χ1n) is 11.0. The summed E-state index contributed by atoms with van der Waals surface area (Å²) in [6.45, 7) is 3.05. The van der Waals surface area contributed by atoms with Crippen molar-refractivity contribution in [1.29, 1.82) is 0 Å². The van der Waals surface area contributed by atoms with E-state index in [2.05, 4.69) is 18.4 Å². The first kappa shape index (κ1) is 19.9. The Hall–Kier alpha value is -1.79. The standard InChI is InChI=1S/C22H24N5O3.Tl/c1-2-16-13-29-12-15(1)27(16)19-11-14(3-7-23-19)21-20-18(25-26-21)4-8-24-22(20)30-17-5-9-28-10-6-17;/h3-4,7-8,11,15-17H,1-2,5-6,9-10,12-13H2;/q-1;+1. The van der Waals surface area contributed by atoms with E-state index in [9.17, 15) is 0 Å². The number of morpholine rings is 1. The molecule has 158 valence electrons. The number of pyridine rings is 2. The van der Waals surface area contributed by atoms with Crippen molar-refractivity contribution in [2.45, 2.75) is 43.9 Å². The van der Waals surface area contributed by atoms with Crippen molar-refractivity contribution in [2.75, 3.05) is 31.3 Å². The predicted molar refractivity (Wildman–Crippen MR) is 116 cm³/mol. The van der Waals surface area contributed by atoms with Crippen LogP contribution in [-0.4, -0.2) is 88.2 Å². The minimum absolute atomic E-state index is 0.136. The van der Waals surface area contributed by atoms with Crippen molar-refractivity contribution in [3.63, 3.8) is 0 Å². The molecule has 6 heterocycles. The van der Waals surface area contributed by atoms with Crippen LogP contribution in [-0.2, 0) is 9.47 Å². The fraction of sp³-hybridized carbons (Fsp3) is 0.500. The summed E-state index contributed by atoms with van der Waals surface area (Å²) in [6, 6.07) is 7.10. The Balaban J connectivity index is 1.40. The van der Waals surface area contributed by atoms with Gasteiger partial charge in [-0.05, 0) is 0 Å². The van der Waals surface area contributed by atoms with Gasteiger partial charge < -0.3 is 0 Å². The third kappa shape index (κ3) is 3.62. The molecule has 3 fully saturated rings. The van der Waals surface area contributed by atoms with Crippen molar-refractivity contribution in [2.24, 2.45) is 0 Å². The van der Waals surface area contributed by atoms with Gasteiger partial charge in [-0.2, -0.15) is 0 Å². The molecule has 3 aliphatic heterocycles. The Bertz CT molecular complexity index is 1080. The molecule has 0 spiro atoms. The van der Waals surface area contributed by atoms with Gasteiger partial charge in [-0.1, -0.05) is 0 Å². The van der Waals surface area contributed by atoms with E-state index in [-0.39, 0.29) is 6.10 Å². The van der Waals surface area contributed by atoms with E-state index in [4.69, 9.17) is 24.3 Å². The molecule has 0 saturated carbocycles. The second-order valence-corrected chi connectivity index (χ2v) is 10.4. The summed E-state index contributed by atoms with van der Waals surface area (Å²) in [5, 5.41) is 5.93. The van der Waals surface area contributed by atoms with Crippen molar-refractivity contribution < 1.29 is 14.2 Å². The summed E-state index contributed by atoms with van der Waals surface area (Å²) in [5.41, 5.74) is 3.07. The van der Waals surface area contributed by atoms with Crippen LogP contribution in [0.5, 0.6) is 5.88 Å². The molecule has 6 rings (SSSR count). The van der Waals surface area contributed by atoms with Gasteiger partial charge in [-0.3, -0.25) is 0 Å². The van der Waals surface area contributed by atoms with Gasteiger partial charge in [-0.25, -0.2) is 0 Å². The molecule has 8 nitrogen and oxygen atoms in total. The number of ether oxygens (including phenoxy) is 3. The summed E-state index contributed by atoms with van der Waals surface area (Å²) < 4.78 is 19.7. The van der Waals surface area contributed by atoms with Crippen LogP contribution in [0.25, 0.3) is 22.2 Å². The normalized spacial score (nSPS) is 24.0. The molecule has 0 amide bonds. The van der Waals surface area contributed by atoms with Crippen LogP contribution in [0.1, 0.15) is 25.7 Å². The Morgan fingerprint density at radius 1 is 0.968 bits per heavy atom. The van der Waals surface area contributed by atoms with Gasteiger partial charge in [0.15, 0.2) is 0 Å². The molecule has 31 heavy (non-hydrogen) atoms. The van der Waals surface area contributed by atoms with E-state index in [1.807, 2.05) is 24.5 Å². The zero-order valence-corrected chi connectivity index (χ0v) is 21.8. The van der Waals surface area contributed by atoms with Gasteiger partial charge in [0.1, 0.15) is 0 Å². The molecule has 3 saturated heterocycles. The van der Waals surface area contributed by atoms with E-state index >= 15 is 0 Å². The number of rotatable bonds is 4. The fourth-order valence-electron chi connectivity index (χ4n) is 5.01. The number of fused-ring (bicyclic) bond motifs is 3. The van der Waals surface area contributed by atoms with E-state index in [0.29, 0.717) is 44.0 Å². The van der Waals surface area contributed by atoms with Gasteiger partial charge >= 0.3 is 197 Å². The molecule has 0 aliphatic carbocycles. The summed E-state index contributed by atoms with van der Waals surface area (Å²) in [4.78, 5) is 11.8. The van der Waals surface area contributed by atoms with E-state index in [1.54, 1.807) is 0 Å². The fourth-order valence-corrected chi connectivity index (χ4v) is 6.30. The molecule has 3 aromatic heterocycles. The molecule has 2 atom stereocenters. The van der Waals surface area contributed by atoms with Crippen molar-refractivity contribution in [3.8, 4) is 17.1 Å². The van der Waals surface area contributed by atoms with Gasteiger partial charge in [0.25, 0.3) is 0 Å². The molecule has 0 N–H and O–H groups in total. The molecular formula is C22H24N5O3Tl. The molecule has 2 unspecified atom stereocenters. The molecule has 3 aromatic rings. The third-order valence-electron chi connectivity index (χ3n) is 6.56. The van der Waals surface area contributed by atoms with Crippen LogP contribution in [0, 0.1) is 0 Å². The number of anilines is 1. The minimum atomic E-state index is 0.136. The van der Waals surface area contributed by atoms with Gasteiger partial charge in [0, 0.05) is 0 Å². The average molecular weight is 611 g/mol. The van der Waals surface area contributed by atoms with Gasteiger partial charge in [0.05, 0.1) is 0 Å². The number of hydrogen-bond acceptors (Lipinski definition) is 7. The first-order valence-corrected chi connectivity index (χ1v) is 13.0. The average Bonchev–Trinajstić information content (AvgIpc) is 3.28. The maximum absolute atomic E-state index is 6.37. The second-order valence-electron chi connectivity index (χ2n) is 8.47. The van der Waals surface area contributed by atoms with Crippen molar-refractivity contribution >= 4 is 42.8 Å². The molecule has 9 heteroatoms. The Morgan fingerprint density at radius 2 is 1.74 bits per heavy atom. The third-order valence-corrected chi connectivity index (χ3v) is 8.09. The van der Waals surface area contributed by atoms with Crippen LogP contribution in [0.4, 0.5) is 5.82 Å². The van der Waals surface area contributed by atoms with Crippen LogP contribution in [0.2, 0.25) is 0 Å². The summed E-state index contributed by atoms with van der Waals surface area (Å²) >= 11 is 0.552. The van der Waals surface area contributed by atoms with Gasteiger partial charge in [-0.15, -0.1) is 0 Å². The summed E-state index contributed by atoms with van der Waals surface area (Å²) in [7, 11) is 0. The Kier molecular flexibility index (Phi) is 5.31. The molecule has 0 radical (unpaired) electrons. The number of aromatic nitrogens is 4. The topological polar surface area (TPSA) is 74.5 Å². The molecular weight excluding hydrogens is 587 g/mol. The number of hydrogen-bond donors (Lipinski definition) is 0. The maximum atomic E-state index is 6.37. The summed E-state index contributed by atoms with van der Waals surface area (Å²) in [6.07, 6.45) is 7.98. The van der Waals surface area contributed by atoms with Crippen LogP contribution in [0.3, 0.4) is 0 Å². The van der Waals surface area contributed by atoms with Crippen LogP contribution >= 0.6 is 0 Å². The Morgan fingerprint density at radius 3 is 2.55 bits per heavy atom. The number of nitrogens with zero attached hydrogens (tertiary/aromatic N) is 5. The van der Waals surface area contributed by atoms with Crippen LogP contribution in [0.15, 0.2) is 30.6 Å². The second kappa shape index (κ2) is 8.29. The van der Waals surface area contributed by atoms with Gasteiger partial charge in [0.2, 0.25) is 0 Å². The van der Waals surface area contributed by atoms with Crippen molar-refractivity contribution in [3.05, 3.63) is 30.6 Å². The first-order chi connectivity index (χ1) is 15.3. The zero-order chi connectivity index (χ0) is 20.8. The quantitative estimate of drug-likeness (QED) is 0.420. The summed E-state index contributed by atoms with van der Waals surface area (Å²) in [5.74, 6) is 1.69. The molecule has 3 aliphatic rings. The van der Waals surface area contributed by atoms with Crippen molar-refractivity contribution in [1.82, 2.24) is 17.6 Å². The SMILES string of the molecule is [Tl][n]1nc(-c2ccnc(N3C4CCC3COC4)c2)c2c(OC3CCOCC3)nccc21. The van der Waals surface area contributed by atoms with Crippen LogP contribution < -0.4 is 9.64 Å². The molecule has 2 bridgehead atoms. The predicted octanol–water partition coefficient (Wildman–Crippen LogP) is 2.35. The van der Waals surface area contributed by atoms with E-state index in [0.717, 1.165) is 67.2 Å². The van der Waals surface area contributed by atoms with E-state index in [1.165, 1.54) is 12.8 Å². The monoisotopic (exact) mass is 611 g/mol.